The van der Waals surface area contributed by atoms with Crippen LogP contribution >= 0.6 is 11.6 Å². The molecule has 0 aliphatic heterocycles. The molecule has 0 radical (unpaired) electrons. The molecule has 0 heterocycles. The largest absolute Gasteiger partial charge is 0.380 e. The SMILES string of the molecule is C=CCCOCCNCC(=O)Nc1cccc(Cl)c1. The van der Waals surface area contributed by atoms with E-state index in [9.17, 15) is 4.79 Å². The minimum absolute atomic E-state index is 0.103. The van der Waals surface area contributed by atoms with Crippen LogP contribution in [0.4, 0.5) is 5.69 Å². The van der Waals surface area contributed by atoms with Crippen LogP contribution in [0, 0.1) is 0 Å². The lowest BCUT2D eigenvalue weighted by Crippen LogP contribution is -2.30. The molecule has 5 heteroatoms. The highest BCUT2D eigenvalue weighted by Crippen LogP contribution is 2.14. The minimum atomic E-state index is -0.103. The van der Waals surface area contributed by atoms with E-state index in [1.165, 1.54) is 0 Å². The molecule has 1 amide bonds. The number of rotatable bonds is 9. The number of amides is 1. The predicted molar refractivity (Wildman–Crippen MR) is 78.6 cm³/mol. The smallest absolute Gasteiger partial charge is 0.238 e. The first-order valence-electron chi connectivity index (χ1n) is 6.17. The quantitative estimate of drug-likeness (QED) is 0.540. The summed E-state index contributed by atoms with van der Waals surface area (Å²) in [7, 11) is 0. The summed E-state index contributed by atoms with van der Waals surface area (Å²) in [5.41, 5.74) is 0.696. The molecule has 0 unspecified atom stereocenters. The average Bonchev–Trinajstić information content (AvgIpc) is 2.37. The fourth-order valence-corrected chi connectivity index (χ4v) is 1.58. The second-order valence-corrected chi connectivity index (χ2v) is 4.36. The van der Waals surface area contributed by atoms with E-state index in [-0.39, 0.29) is 12.5 Å². The van der Waals surface area contributed by atoms with Crippen LogP contribution in [-0.2, 0) is 9.53 Å². The Kier molecular flexibility index (Phi) is 7.89. The van der Waals surface area contributed by atoms with Crippen LogP contribution in [0.3, 0.4) is 0 Å². The van der Waals surface area contributed by atoms with Gasteiger partial charge in [-0.3, -0.25) is 4.79 Å². The Hall–Kier alpha value is -1.36. The molecule has 0 saturated heterocycles. The minimum Gasteiger partial charge on any atom is -0.380 e. The molecule has 2 N–H and O–H groups in total. The molecule has 0 atom stereocenters. The highest BCUT2D eigenvalue weighted by Gasteiger charge is 2.01. The van der Waals surface area contributed by atoms with Crippen molar-refractivity contribution in [1.29, 1.82) is 0 Å². The van der Waals surface area contributed by atoms with Crippen LogP contribution in [0.15, 0.2) is 36.9 Å². The monoisotopic (exact) mass is 282 g/mol. The predicted octanol–water partition coefficient (Wildman–Crippen LogP) is 2.46. The Morgan fingerprint density at radius 1 is 1.42 bits per heavy atom. The molecule has 0 aliphatic carbocycles. The molecule has 0 bridgehead atoms. The number of anilines is 1. The third kappa shape index (κ3) is 7.62. The summed E-state index contributed by atoms with van der Waals surface area (Å²) in [5.74, 6) is -0.103. The van der Waals surface area contributed by atoms with E-state index in [0.717, 1.165) is 6.42 Å². The van der Waals surface area contributed by atoms with E-state index < -0.39 is 0 Å². The van der Waals surface area contributed by atoms with Gasteiger partial charge in [-0.1, -0.05) is 23.7 Å². The number of nitrogens with one attached hydrogen (secondary N) is 2. The Morgan fingerprint density at radius 3 is 3.00 bits per heavy atom. The summed E-state index contributed by atoms with van der Waals surface area (Å²) in [4.78, 5) is 11.6. The van der Waals surface area contributed by atoms with Gasteiger partial charge in [-0.25, -0.2) is 0 Å². The fraction of sp³-hybridized carbons (Fsp3) is 0.357. The van der Waals surface area contributed by atoms with Gasteiger partial charge in [-0.05, 0) is 24.6 Å². The van der Waals surface area contributed by atoms with Crippen molar-refractivity contribution >= 4 is 23.2 Å². The lowest BCUT2D eigenvalue weighted by atomic mass is 10.3. The van der Waals surface area contributed by atoms with Crippen molar-refractivity contribution in [2.45, 2.75) is 6.42 Å². The summed E-state index contributed by atoms with van der Waals surface area (Å²) < 4.78 is 5.31. The van der Waals surface area contributed by atoms with E-state index >= 15 is 0 Å². The zero-order valence-corrected chi connectivity index (χ0v) is 11.6. The number of ether oxygens (including phenoxy) is 1. The Morgan fingerprint density at radius 2 is 2.26 bits per heavy atom. The van der Waals surface area contributed by atoms with Crippen LogP contribution in [-0.4, -0.2) is 32.2 Å². The van der Waals surface area contributed by atoms with E-state index in [4.69, 9.17) is 16.3 Å². The molecule has 4 nitrogen and oxygen atoms in total. The zero-order chi connectivity index (χ0) is 13.9. The molecule has 1 aromatic rings. The summed E-state index contributed by atoms with van der Waals surface area (Å²) in [5, 5.41) is 6.35. The summed E-state index contributed by atoms with van der Waals surface area (Å²) in [6.07, 6.45) is 2.65. The maximum absolute atomic E-state index is 11.6. The van der Waals surface area contributed by atoms with Crippen LogP contribution in [0.1, 0.15) is 6.42 Å². The highest BCUT2D eigenvalue weighted by molar-refractivity contribution is 6.30. The molecule has 0 saturated carbocycles. The number of carbonyl (C=O) groups excluding carboxylic acids is 1. The molecular formula is C14H19ClN2O2. The first-order chi connectivity index (χ1) is 9.22. The Labute approximate surface area is 118 Å². The molecular weight excluding hydrogens is 264 g/mol. The number of carbonyl (C=O) groups is 1. The van der Waals surface area contributed by atoms with Crippen LogP contribution in [0.5, 0.6) is 0 Å². The van der Waals surface area contributed by atoms with Crippen molar-refractivity contribution in [3.63, 3.8) is 0 Å². The van der Waals surface area contributed by atoms with Crippen molar-refractivity contribution < 1.29 is 9.53 Å². The second kappa shape index (κ2) is 9.55. The second-order valence-electron chi connectivity index (χ2n) is 3.93. The standard InChI is InChI=1S/C14H19ClN2O2/c1-2-3-8-19-9-7-16-11-14(18)17-13-6-4-5-12(15)10-13/h2,4-6,10,16H,1,3,7-9,11H2,(H,17,18). The Bertz CT molecular complexity index is 410. The van der Waals surface area contributed by atoms with Gasteiger partial charge in [-0.15, -0.1) is 6.58 Å². The molecule has 1 aromatic carbocycles. The van der Waals surface area contributed by atoms with Gasteiger partial charge in [0.05, 0.1) is 19.8 Å². The number of hydrogen-bond donors (Lipinski definition) is 2. The third-order valence-corrected chi connectivity index (χ3v) is 2.52. The van der Waals surface area contributed by atoms with Gasteiger partial charge in [0.25, 0.3) is 0 Å². The van der Waals surface area contributed by atoms with E-state index in [1.54, 1.807) is 24.3 Å². The van der Waals surface area contributed by atoms with Gasteiger partial charge >= 0.3 is 0 Å². The van der Waals surface area contributed by atoms with Crippen molar-refractivity contribution in [1.82, 2.24) is 5.32 Å². The fourth-order valence-electron chi connectivity index (χ4n) is 1.39. The molecule has 19 heavy (non-hydrogen) atoms. The number of benzene rings is 1. The lowest BCUT2D eigenvalue weighted by molar-refractivity contribution is -0.115. The molecule has 0 spiro atoms. The van der Waals surface area contributed by atoms with Crippen LogP contribution < -0.4 is 10.6 Å². The average molecular weight is 283 g/mol. The first kappa shape index (κ1) is 15.7. The third-order valence-electron chi connectivity index (χ3n) is 2.28. The Balaban J connectivity index is 2.10. The highest BCUT2D eigenvalue weighted by atomic mass is 35.5. The van der Waals surface area contributed by atoms with Crippen molar-refractivity contribution in [2.75, 3.05) is 31.6 Å². The summed E-state index contributed by atoms with van der Waals surface area (Å²) in [6.45, 7) is 5.74. The van der Waals surface area contributed by atoms with Gasteiger partial charge in [0, 0.05) is 17.3 Å². The molecule has 0 aromatic heterocycles. The molecule has 104 valence electrons. The van der Waals surface area contributed by atoms with Gasteiger partial charge in [0.15, 0.2) is 0 Å². The molecule has 0 fully saturated rings. The maximum Gasteiger partial charge on any atom is 0.238 e. The summed E-state index contributed by atoms with van der Waals surface area (Å²) in [6, 6.07) is 7.05. The van der Waals surface area contributed by atoms with E-state index in [0.29, 0.717) is 30.5 Å². The van der Waals surface area contributed by atoms with Crippen molar-refractivity contribution in [3.8, 4) is 0 Å². The number of halogens is 1. The lowest BCUT2D eigenvalue weighted by Gasteiger charge is -2.07. The van der Waals surface area contributed by atoms with Crippen LogP contribution in [0.25, 0.3) is 0 Å². The van der Waals surface area contributed by atoms with Gasteiger partial charge < -0.3 is 15.4 Å². The van der Waals surface area contributed by atoms with E-state index in [1.807, 2.05) is 6.08 Å². The zero-order valence-electron chi connectivity index (χ0n) is 10.8. The van der Waals surface area contributed by atoms with Crippen molar-refractivity contribution in [2.24, 2.45) is 0 Å². The van der Waals surface area contributed by atoms with Gasteiger partial charge in [-0.2, -0.15) is 0 Å². The van der Waals surface area contributed by atoms with Gasteiger partial charge in [0.2, 0.25) is 5.91 Å². The first-order valence-corrected chi connectivity index (χ1v) is 6.55. The molecule has 1 rings (SSSR count). The number of hydrogen-bond acceptors (Lipinski definition) is 3. The van der Waals surface area contributed by atoms with Crippen molar-refractivity contribution in [3.05, 3.63) is 41.9 Å². The topological polar surface area (TPSA) is 50.4 Å². The van der Waals surface area contributed by atoms with Gasteiger partial charge in [0.1, 0.15) is 0 Å². The molecule has 0 aliphatic rings. The van der Waals surface area contributed by atoms with E-state index in [2.05, 4.69) is 17.2 Å². The maximum atomic E-state index is 11.6. The van der Waals surface area contributed by atoms with Crippen LogP contribution in [0.2, 0.25) is 5.02 Å². The summed E-state index contributed by atoms with van der Waals surface area (Å²) >= 11 is 5.83. The normalized spacial score (nSPS) is 10.2.